The molecule has 0 amide bonds. The van der Waals surface area contributed by atoms with E-state index in [9.17, 15) is 0 Å². The van der Waals surface area contributed by atoms with Gasteiger partial charge in [0.05, 0.1) is 0 Å². The Balaban J connectivity index is 1.97. The van der Waals surface area contributed by atoms with Crippen molar-refractivity contribution in [1.29, 1.82) is 0 Å². The fraction of sp³-hybridized carbons (Fsp3) is 0.500. The van der Waals surface area contributed by atoms with Gasteiger partial charge in [-0.25, -0.2) is 0 Å². The van der Waals surface area contributed by atoms with Crippen LogP contribution in [0, 0.1) is 6.92 Å². The van der Waals surface area contributed by atoms with E-state index in [1.165, 1.54) is 36.8 Å². The van der Waals surface area contributed by atoms with Crippen LogP contribution in [0.1, 0.15) is 43.2 Å². The van der Waals surface area contributed by atoms with Crippen LogP contribution in [-0.2, 0) is 6.42 Å². The van der Waals surface area contributed by atoms with Crippen molar-refractivity contribution in [1.82, 2.24) is 5.43 Å². The Morgan fingerprint density at radius 3 is 2.72 bits per heavy atom. The average Bonchev–Trinajstić information content (AvgIpc) is 2.41. The highest BCUT2D eigenvalue weighted by atomic mass is 15.2. The highest BCUT2D eigenvalue weighted by Crippen LogP contribution is 2.22. The van der Waals surface area contributed by atoms with Gasteiger partial charge in [0.15, 0.2) is 0 Å². The number of rotatable bonds is 5. The molecule has 0 aliphatic heterocycles. The smallest absolute Gasteiger partial charge is 0.0288 e. The Morgan fingerprint density at radius 2 is 2.06 bits per heavy atom. The second-order valence-electron chi connectivity index (χ2n) is 5.31. The van der Waals surface area contributed by atoms with Crippen LogP contribution in [0.15, 0.2) is 35.9 Å². The normalized spacial score (nSPS) is 17.3. The van der Waals surface area contributed by atoms with Crippen molar-refractivity contribution >= 4 is 0 Å². The molecule has 0 aromatic heterocycles. The van der Waals surface area contributed by atoms with Crippen LogP contribution < -0.4 is 11.3 Å². The van der Waals surface area contributed by atoms with Gasteiger partial charge in [0, 0.05) is 6.04 Å². The van der Waals surface area contributed by atoms with Gasteiger partial charge < -0.3 is 0 Å². The second-order valence-corrected chi connectivity index (χ2v) is 5.31. The van der Waals surface area contributed by atoms with E-state index < -0.39 is 0 Å². The molecule has 0 radical (unpaired) electrons. The van der Waals surface area contributed by atoms with Gasteiger partial charge in [0.25, 0.3) is 0 Å². The van der Waals surface area contributed by atoms with Crippen LogP contribution >= 0.6 is 0 Å². The number of hydrazine groups is 1. The van der Waals surface area contributed by atoms with Gasteiger partial charge in [0.2, 0.25) is 0 Å². The van der Waals surface area contributed by atoms with Gasteiger partial charge in [-0.15, -0.1) is 0 Å². The minimum Gasteiger partial charge on any atom is -0.271 e. The van der Waals surface area contributed by atoms with E-state index in [-0.39, 0.29) is 0 Å². The summed E-state index contributed by atoms with van der Waals surface area (Å²) in [6, 6.07) is 8.93. The Bertz CT molecular complexity index is 409. The lowest BCUT2D eigenvalue weighted by atomic mass is 9.91. The van der Waals surface area contributed by atoms with E-state index in [0.29, 0.717) is 6.04 Å². The Hall–Kier alpha value is -1.12. The van der Waals surface area contributed by atoms with Crippen LogP contribution in [0.3, 0.4) is 0 Å². The van der Waals surface area contributed by atoms with Gasteiger partial charge in [0.1, 0.15) is 0 Å². The molecule has 3 N–H and O–H groups in total. The summed E-state index contributed by atoms with van der Waals surface area (Å²) in [5, 5.41) is 0. The van der Waals surface area contributed by atoms with Crippen molar-refractivity contribution in [2.75, 3.05) is 0 Å². The molecule has 0 saturated carbocycles. The molecule has 0 bridgehead atoms. The maximum Gasteiger partial charge on any atom is 0.0288 e. The van der Waals surface area contributed by atoms with Gasteiger partial charge in [-0.3, -0.25) is 11.3 Å². The van der Waals surface area contributed by atoms with Crippen LogP contribution in [0.25, 0.3) is 0 Å². The van der Waals surface area contributed by atoms with E-state index in [2.05, 4.69) is 42.7 Å². The quantitative estimate of drug-likeness (QED) is 0.474. The molecule has 1 aliphatic carbocycles. The van der Waals surface area contributed by atoms with E-state index in [0.717, 1.165) is 12.8 Å². The molecule has 0 saturated heterocycles. The summed E-state index contributed by atoms with van der Waals surface area (Å²) in [4.78, 5) is 0. The maximum absolute atomic E-state index is 5.71. The van der Waals surface area contributed by atoms with Crippen molar-refractivity contribution in [3.63, 3.8) is 0 Å². The molecule has 1 aromatic carbocycles. The monoisotopic (exact) mass is 244 g/mol. The zero-order chi connectivity index (χ0) is 12.8. The summed E-state index contributed by atoms with van der Waals surface area (Å²) < 4.78 is 0. The van der Waals surface area contributed by atoms with Crippen molar-refractivity contribution in [3.8, 4) is 0 Å². The molecule has 0 fully saturated rings. The first kappa shape index (κ1) is 13.3. The maximum atomic E-state index is 5.71. The number of nitrogens with two attached hydrogens (primary N) is 1. The summed E-state index contributed by atoms with van der Waals surface area (Å²) in [5.74, 6) is 5.71. The zero-order valence-corrected chi connectivity index (χ0v) is 11.3. The summed E-state index contributed by atoms with van der Waals surface area (Å²) in [5.41, 5.74) is 7.32. The zero-order valence-electron chi connectivity index (χ0n) is 11.3. The molecule has 98 valence electrons. The van der Waals surface area contributed by atoms with Crippen molar-refractivity contribution in [2.24, 2.45) is 5.84 Å². The summed E-state index contributed by atoms with van der Waals surface area (Å²) >= 11 is 0. The van der Waals surface area contributed by atoms with Gasteiger partial charge in [-0.2, -0.15) is 0 Å². The topological polar surface area (TPSA) is 38.0 Å². The molecule has 1 unspecified atom stereocenters. The molecule has 1 aliphatic rings. The van der Waals surface area contributed by atoms with E-state index >= 15 is 0 Å². The predicted molar refractivity (Wildman–Crippen MR) is 77.2 cm³/mol. The Morgan fingerprint density at radius 1 is 1.22 bits per heavy atom. The third-order valence-electron chi connectivity index (χ3n) is 3.86. The SMILES string of the molecule is Cc1ccccc1CC(CC1=CCCCC1)NN. The lowest BCUT2D eigenvalue weighted by Crippen LogP contribution is -2.37. The molecule has 2 nitrogen and oxygen atoms in total. The third kappa shape index (κ3) is 3.69. The minimum atomic E-state index is 0.357. The van der Waals surface area contributed by atoms with Crippen LogP contribution in [0.2, 0.25) is 0 Å². The average molecular weight is 244 g/mol. The van der Waals surface area contributed by atoms with Crippen LogP contribution in [0.4, 0.5) is 0 Å². The lowest BCUT2D eigenvalue weighted by molar-refractivity contribution is 0.504. The van der Waals surface area contributed by atoms with Crippen molar-refractivity contribution < 1.29 is 0 Å². The molecule has 0 spiro atoms. The standard InChI is InChI=1S/C16H24N2/c1-13-7-5-6-10-15(13)12-16(18-17)11-14-8-3-2-4-9-14/h5-8,10,16,18H,2-4,9,11-12,17H2,1H3. The number of aryl methyl sites for hydroxylation is 1. The molecular weight excluding hydrogens is 220 g/mol. The number of hydrogen-bond donors (Lipinski definition) is 2. The van der Waals surface area contributed by atoms with Crippen molar-refractivity contribution in [3.05, 3.63) is 47.0 Å². The second kappa shape index (κ2) is 6.72. The molecular formula is C16H24N2. The van der Waals surface area contributed by atoms with Crippen LogP contribution in [-0.4, -0.2) is 6.04 Å². The highest BCUT2D eigenvalue weighted by Gasteiger charge is 2.13. The van der Waals surface area contributed by atoms with E-state index in [1.54, 1.807) is 5.57 Å². The first-order chi connectivity index (χ1) is 8.79. The van der Waals surface area contributed by atoms with Crippen LogP contribution in [0.5, 0.6) is 0 Å². The molecule has 18 heavy (non-hydrogen) atoms. The van der Waals surface area contributed by atoms with Gasteiger partial charge in [-0.05, 0) is 56.6 Å². The molecule has 2 rings (SSSR count). The molecule has 0 heterocycles. The third-order valence-corrected chi connectivity index (χ3v) is 3.86. The first-order valence-electron chi connectivity index (χ1n) is 6.98. The summed E-state index contributed by atoms with van der Waals surface area (Å²) in [6.07, 6.45) is 9.70. The summed E-state index contributed by atoms with van der Waals surface area (Å²) in [6.45, 7) is 2.17. The molecule has 2 heteroatoms. The number of hydrogen-bond acceptors (Lipinski definition) is 2. The van der Waals surface area contributed by atoms with Gasteiger partial charge in [-0.1, -0.05) is 35.9 Å². The largest absolute Gasteiger partial charge is 0.271 e. The number of nitrogens with one attached hydrogen (secondary N) is 1. The predicted octanol–water partition coefficient (Wildman–Crippen LogP) is 3.26. The lowest BCUT2D eigenvalue weighted by Gasteiger charge is -2.21. The molecule has 1 atom stereocenters. The number of allylic oxidation sites excluding steroid dienone is 1. The summed E-state index contributed by atoms with van der Waals surface area (Å²) in [7, 11) is 0. The Labute approximate surface area is 110 Å². The minimum absolute atomic E-state index is 0.357. The van der Waals surface area contributed by atoms with E-state index in [4.69, 9.17) is 5.84 Å². The Kier molecular flexibility index (Phi) is 4.97. The fourth-order valence-electron chi connectivity index (χ4n) is 2.70. The fourth-order valence-corrected chi connectivity index (χ4v) is 2.70. The number of benzene rings is 1. The van der Waals surface area contributed by atoms with E-state index in [1.807, 2.05) is 0 Å². The first-order valence-corrected chi connectivity index (χ1v) is 6.98. The van der Waals surface area contributed by atoms with Crippen molar-refractivity contribution in [2.45, 2.75) is 51.5 Å². The highest BCUT2D eigenvalue weighted by molar-refractivity contribution is 5.26. The van der Waals surface area contributed by atoms with Gasteiger partial charge >= 0.3 is 0 Å². The molecule has 1 aromatic rings.